The van der Waals surface area contributed by atoms with E-state index in [1.54, 1.807) is 11.1 Å². The van der Waals surface area contributed by atoms with E-state index in [1.807, 2.05) is 0 Å². The maximum atomic E-state index is 4.53. The summed E-state index contributed by atoms with van der Waals surface area (Å²) in [5, 5.41) is 3.40. The Balaban J connectivity index is 1.77. The number of aliphatic imine (C=N–C) groups is 1. The summed E-state index contributed by atoms with van der Waals surface area (Å²) < 4.78 is 0. The van der Waals surface area contributed by atoms with Crippen molar-refractivity contribution in [1.82, 2.24) is 5.32 Å². The molecule has 0 aromatic heterocycles. The lowest BCUT2D eigenvalue weighted by atomic mass is 9.74. The number of aryl methyl sites for hydroxylation is 1. The molecule has 2 aliphatic rings. The molecule has 1 aromatic carbocycles. The molecule has 0 fully saturated rings. The van der Waals surface area contributed by atoms with E-state index in [4.69, 9.17) is 0 Å². The second kappa shape index (κ2) is 4.52. The normalized spacial score (nSPS) is 27.2. The SMILES string of the molecule is C[C@@H]1c2ccccc2CC[C@@H]1CC1=NCCN1. The van der Waals surface area contributed by atoms with Gasteiger partial charge in [-0.1, -0.05) is 31.2 Å². The van der Waals surface area contributed by atoms with Gasteiger partial charge in [-0.05, 0) is 35.8 Å². The Morgan fingerprint density at radius 3 is 3.06 bits per heavy atom. The van der Waals surface area contributed by atoms with Crippen molar-refractivity contribution in [1.29, 1.82) is 0 Å². The highest BCUT2D eigenvalue weighted by Gasteiger charge is 2.27. The molecule has 2 heteroatoms. The van der Waals surface area contributed by atoms with Gasteiger partial charge in [0.05, 0.1) is 12.4 Å². The zero-order valence-corrected chi connectivity index (χ0v) is 10.4. The lowest BCUT2D eigenvalue weighted by molar-refractivity contribution is 0.402. The van der Waals surface area contributed by atoms with Crippen molar-refractivity contribution in [2.24, 2.45) is 10.9 Å². The van der Waals surface area contributed by atoms with E-state index >= 15 is 0 Å². The highest BCUT2D eigenvalue weighted by molar-refractivity contribution is 5.83. The fourth-order valence-corrected chi connectivity index (χ4v) is 3.16. The number of hydrogen-bond donors (Lipinski definition) is 1. The summed E-state index contributed by atoms with van der Waals surface area (Å²) in [7, 11) is 0. The Hall–Kier alpha value is -1.31. The summed E-state index contributed by atoms with van der Waals surface area (Å²) in [4.78, 5) is 4.53. The molecule has 2 atom stereocenters. The summed E-state index contributed by atoms with van der Waals surface area (Å²) in [6.07, 6.45) is 3.67. The largest absolute Gasteiger partial charge is 0.372 e. The molecule has 1 heterocycles. The van der Waals surface area contributed by atoms with Crippen molar-refractivity contribution in [3.63, 3.8) is 0 Å². The quantitative estimate of drug-likeness (QED) is 0.827. The molecule has 0 saturated heterocycles. The molecule has 1 aromatic rings. The molecule has 90 valence electrons. The van der Waals surface area contributed by atoms with Crippen LogP contribution in [0.25, 0.3) is 0 Å². The van der Waals surface area contributed by atoms with Gasteiger partial charge >= 0.3 is 0 Å². The Morgan fingerprint density at radius 1 is 1.35 bits per heavy atom. The summed E-state index contributed by atoms with van der Waals surface area (Å²) in [6.45, 7) is 4.37. The highest BCUT2D eigenvalue weighted by atomic mass is 15.1. The molecule has 17 heavy (non-hydrogen) atoms. The van der Waals surface area contributed by atoms with Crippen LogP contribution in [0.4, 0.5) is 0 Å². The van der Waals surface area contributed by atoms with Crippen molar-refractivity contribution >= 4 is 5.84 Å². The van der Waals surface area contributed by atoms with Crippen molar-refractivity contribution in [2.45, 2.75) is 32.1 Å². The van der Waals surface area contributed by atoms with Crippen molar-refractivity contribution in [2.75, 3.05) is 13.1 Å². The third-order valence-corrected chi connectivity index (χ3v) is 4.24. The molecule has 0 unspecified atom stereocenters. The van der Waals surface area contributed by atoms with Gasteiger partial charge in [0, 0.05) is 13.0 Å². The average molecular weight is 228 g/mol. The van der Waals surface area contributed by atoms with Crippen LogP contribution in [0, 0.1) is 5.92 Å². The fourth-order valence-electron chi connectivity index (χ4n) is 3.16. The van der Waals surface area contributed by atoms with Crippen molar-refractivity contribution in [3.8, 4) is 0 Å². The monoisotopic (exact) mass is 228 g/mol. The third kappa shape index (κ3) is 2.08. The molecular weight excluding hydrogens is 208 g/mol. The van der Waals surface area contributed by atoms with Crippen LogP contribution in [0.1, 0.15) is 36.8 Å². The van der Waals surface area contributed by atoms with Gasteiger partial charge in [-0.2, -0.15) is 0 Å². The van der Waals surface area contributed by atoms with Gasteiger partial charge in [-0.25, -0.2) is 0 Å². The summed E-state index contributed by atoms with van der Waals surface area (Å²) in [5.74, 6) is 2.67. The molecule has 0 bridgehead atoms. The number of hydrogen-bond acceptors (Lipinski definition) is 2. The molecule has 3 rings (SSSR count). The summed E-state index contributed by atoms with van der Waals surface area (Å²) in [6, 6.07) is 8.92. The Kier molecular flexibility index (Phi) is 2.87. The number of nitrogens with zero attached hydrogens (tertiary/aromatic N) is 1. The van der Waals surface area contributed by atoms with Crippen LogP contribution in [0.3, 0.4) is 0 Å². The summed E-state index contributed by atoms with van der Waals surface area (Å²) in [5.41, 5.74) is 3.11. The van der Waals surface area contributed by atoms with E-state index in [-0.39, 0.29) is 0 Å². The van der Waals surface area contributed by atoms with Gasteiger partial charge in [0.2, 0.25) is 0 Å². The van der Waals surface area contributed by atoms with Crippen LogP contribution >= 0.6 is 0 Å². The molecule has 2 nitrogen and oxygen atoms in total. The topological polar surface area (TPSA) is 24.4 Å². The van der Waals surface area contributed by atoms with Gasteiger partial charge in [0.25, 0.3) is 0 Å². The van der Waals surface area contributed by atoms with E-state index in [0.29, 0.717) is 5.92 Å². The van der Waals surface area contributed by atoms with Gasteiger partial charge in [0.1, 0.15) is 0 Å². The average Bonchev–Trinajstić information content (AvgIpc) is 2.86. The van der Waals surface area contributed by atoms with Crippen molar-refractivity contribution in [3.05, 3.63) is 35.4 Å². The van der Waals surface area contributed by atoms with Crippen LogP contribution in [-0.4, -0.2) is 18.9 Å². The maximum Gasteiger partial charge on any atom is 0.0967 e. The first-order chi connectivity index (χ1) is 8.34. The fraction of sp³-hybridized carbons (Fsp3) is 0.533. The van der Waals surface area contributed by atoms with Gasteiger partial charge in [-0.15, -0.1) is 0 Å². The van der Waals surface area contributed by atoms with Crippen LogP contribution in [0.15, 0.2) is 29.3 Å². The highest BCUT2D eigenvalue weighted by Crippen LogP contribution is 2.37. The lowest BCUT2D eigenvalue weighted by Gasteiger charge is -2.31. The molecular formula is C15H20N2. The molecule has 0 saturated carbocycles. The van der Waals surface area contributed by atoms with E-state index in [2.05, 4.69) is 41.5 Å². The summed E-state index contributed by atoms with van der Waals surface area (Å²) >= 11 is 0. The molecule has 1 N–H and O–H groups in total. The number of fused-ring (bicyclic) bond motifs is 1. The molecule has 0 radical (unpaired) electrons. The second-order valence-electron chi connectivity index (χ2n) is 5.25. The van der Waals surface area contributed by atoms with Crippen LogP contribution in [0.2, 0.25) is 0 Å². The maximum absolute atomic E-state index is 4.53. The Labute approximate surface area is 103 Å². The Bertz CT molecular complexity index is 436. The third-order valence-electron chi connectivity index (χ3n) is 4.24. The van der Waals surface area contributed by atoms with E-state index in [0.717, 1.165) is 25.4 Å². The van der Waals surface area contributed by atoms with Crippen molar-refractivity contribution < 1.29 is 0 Å². The molecule has 0 amide bonds. The number of rotatable bonds is 2. The minimum Gasteiger partial charge on any atom is -0.372 e. The van der Waals surface area contributed by atoms with Crippen LogP contribution in [0.5, 0.6) is 0 Å². The van der Waals surface area contributed by atoms with E-state index < -0.39 is 0 Å². The first kappa shape index (κ1) is 10.8. The minimum atomic E-state index is 0.671. The lowest BCUT2D eigenvalue weighted by Crippen LogP contribution is -2.26. The second-order valence-corrected chi connectivity index (χ2v) is 5.25. The zero-order valence-electron chi connectivity index (χ0n) is 10.4. The smallest absolute Gasteiger partial charge is 0.0967 e. The predicted molar refractivity (Wildman–Crippen MR) is 71.6 cm³/mol. The van der Waals surface area contributed by atoms with Gasteiger partial charge < -0.3 is 5.32 Å². The predicted octanol–water partition coefficient (Wildman–Crippen LogP) is 2.74. The standard InChI is InChI=1S/C15H20N2/c1-11-13(10-15-16-8-9-17-15)7-6-12-4-2-3-5-14(11)12/h2-5,11,13H,6-10H2,1H3,(H,16,17)/t11-,13+/m0/s1. The molecule has 0 spiro atoms. The minimum absolute atomic E-state index is 0.671. The zero-order chi connectivity index (χ0) is 11.7. The molecule has 1 aliphatic carbocycles. The van der Waals surface area contributed by atoms with Crippen LogP contribution in [-0.2, 0) is 6.42 Å². The van der Waals surface area contributed by atoms with E-state index in [1.165, 1.54) is 18.7 Å². The van der Waals surface area contributed by atoms with Gasteiger partial charge in [-0.3, -0.25) is 4.99 Å². The number of benzene rings is 1. The molecule has 1 aliphatic heterocycles. The van der Waals surface area contributed by atoms with E-state index in [9.17, 15) is 0 Å². The first-order valence-corrected chi connectivity index (χ1v) is 6.69. The Morgan fingerprint density at radius 2 is 2.24 bits per heavy atom. The number of amidine groups is 1. The number of nitrogens with one attached hydrogen (secondary N) is 1. The van der Waals surface area contributed by atoms with Gasteiger partial charge in [0.15, 0.2) is 0 Å². The first-order valence-electron chi connectivity index (χ1n) is 6.69. The van der Waals surface area contributed by atoms with Crippen LogP contribution < -0.4 is 5.32 Å².